The minimum absolute atomic E-state index is 0.425. The van der Waals surface area contributed by atoms with E-state index < -0.39 is 48.4 Å². The first-order valence-electron chi connectivity index (χ1n) is 7.07. The van der Waals surface area contributed by atoms with Crippen LogP contribution in [0.4, 0.5) is 0 Å². The number of hydrogen-bond donors (Lipinski definition) is 1. The first-order valence-corrected chi connectivity index (χ1v) is 3.07. The van der Waals surface area contributed by atoms with Gasteiger partial charge in [0, 0.05) is 14.3 Å². The van der Waals surface area contributed by atoms with Crippen LogP contribution in [-0.2, 0) is 0 Å². The summed E-state index contributed by atoms with van der Waals surface area (Å²) in [7, 11) is 0. The molecule has 0 saturated carbocycles. The van der Waals surface area contributed by atoms with Gasteiger partial charge in [-0.1, -0.05) is 0 Å². The topological polar surface area (TPSA) is 50.2 Å². The van der Waals surface area contributed by atoms with E-state index in [0.29, 0.717) is 4.52 Å². The van der Waals surface area contributed by atoms with E-state index in [4.69, 9.17) is 11.0 Å². The number of H-pyrrole nitrogens is 1. The minimum atomic E-state index is -2.82. The standard InChI is InChI=1S/C8H9N3O/c1-5-3-7(12)10-11-4-6(2)9-8(5)11/h3-4H,1-2H3,(H,10,12)/i1D3,2D3,3D,4D. The Hall–Kier alpha value is -1.58. The lowest BCUT2D eigenvalue weighted by atomic mass is 10.3. The highest BCUT2D eigenvalue weighted by Gasteiger charge is 2.00. The van der Waals surface area contributed by atoms with Crippen LogP contribution in [0.5, 0.6) is 0 Å². The van der Waals surface area contributed by atoms with Crippen molar-refractivity contribution in [3.8, 4) is 0 Å². The van der Waals surface area contributed by atoms with Crippen molar-refractivity contribution in [1.82, 2.24) is 14.6 Å². The third-order valence-electron chi connectivity index (χ3n) is 1.32. The van der Waals surface area contributed by atoms with Crippen LogP contribution in [0, 0.1) is 13.7 Å². The second-order valence-corrected chi connectivity index (χ2v) is 2.17. The van der Waals surface area contributed by atoms with Gasteiger partial charge in [-0.15, -0.1) is 0 Å². The first-order chi connectivity index (χ1) is 8.94. The second-order valence-electron chi connectivity index (χ2n) is 2.17. The first kappa shape index (κ1) is 2.45. The number of imidazole rings is 1. The summed E-state index contributed by atoms with van der Waals surface area (Å²) in [6.45, 7) is -5.55. The molecule has 0 spiro atoms. The van der Waals surface area contributed by atoms with E-state index in [1.54, 1.807) is 0 Å². The van der Waals surface area contributed by atoms with Gasteiger partial charge in [-0.2, -0.15) is 0 Å². The van der Waals surface area contributed by atoms with Gasteiger partial charge in [-0.3, -0.25) is 9.89 Å². The molecule has 62 valence electrons. The molecule has 0 aliphatic heterocycles. The van der Waals surface area contributed by atoms with Gasteiger partial charge in [0.2, 0.25) is 0 Å². The normalized spacial score (nSPS) is 22.7. The minimum Gasteiger partial charge on any atom is -0.268 e. The predicted molar refractivity (Wildman–Crippen MR) is 45.3 cm³/mol. The summed E-state index contributed by atoms with van der Waals surface area (Å²) < 4.78 is 59.6. The van der Waals surface area contributed by atoms with E-state index in [-0.39, 0.29) is 0 Å². The number of fused-ring (bicyclic) bond motifs is 1. The van der Waals surface area contributed by atoms with Gasteiger partial charge in [0.05, 0.1) is 14.6 Å². The number of nitrogens with one attached hydrogen (secondary N) is 1. The van der Waals surface area contributed by atoms with Crippen LogP contribution < -0.4 is 5.56 Å². The molecule has 4 heteroatoms. The number of aryl methyl sites for hydroxylation is 2. The summed E-state index contributed by atoms with van der Waals surface area (Å²) in [4.78, 5) is 15.2. The number of aromatic amines is 1. The molecular formula is C8H9N3O. The fourth-order valence-electron chi connectivity index (χ4n) is 0.887. The summed E-state index contributed by atoms with van der Waals surface area (Å²) in [6.07, 6.45) is -0.636. The summed E-state index contributed by atoms with van der Waals surface area (Å²) >= 11 is 0. The third kappa shape index (κ3) is 0.922. The Labute approximate surface area is 80.1 Å². The lowest BCUT2D eigenvalue weighted by molar-refractivity contribution is 0.895. The van der Waals surface area contributed by atoms with Gasteiger partial charge < -0.3 is 0 Å². The monoisotopic (exact) mass is 171 g/mol. The zero-order valence-electron chi connectivity index (χ0n) is 13.8. The van der Waals surface area contributed by atoms with Crippen LogP contribution in [-0.4, -0.2) is 14.6 Å². The van der Waals surface area contributed by atoms with Crippen LogP contribution in [0.15, 0.2) is 17.0 Å². The number of aromatic nitrogens is 3. The molecule has 0 saturated heterocycles. The van der Waals surface area contributed by atoms with E-state index in [0.717, 1.165) is 0 Å². The van der Waals surface area contributed by atoms with E-state index in [2.05, 4.69) is 10.1 Å². The van der Waals surface area contributed by atoms with Gasteiger partial charge in [-0.05, 0) is 19.3 Å². The van der Waals surface area contributed by atoms with E-state index >= 15 is 0 Å². The molecule has 0 radical (unpaired) electrons. The van der Waals surface area contributed by atoms with Crippen molar-refractivity contribution in [3.63, 3.8) is 0 Å². The molecule has 0 amide bonds. The Morgan fingerprint density at radius 1 is 1.75 bits per heavy atom. The van der Waals surface area contributed by atoms with Crippen molar-refractivity contribution in [2.24, 2.45) is 0 Å². The smallest absolute Gasteiger partial charge is 0.263 e. The molecule has 0 aromatic carbocycles. The molecule has 0 unspecified atom stereocenters. The maximum Gasteiger partial charge on any atom is 0.263 e. The number of hydrogen-bond acceptors (Lipinski definition) is 2. The maximum atomic E-state index is 11.5. The van der Waals surface area contributed by atoms with E-state index in [9.17, 15) is 4.79 Å². The molecule has 1 N–H and O–H groups in total. The molecule has 0 fully saturated rings. The zero-order valence-corrected chi connectivity index (χ0v) is 5.80. The molecule has 0 aliphatic carbocycles. The highest BCUT2D eigenvalue weighted by Crippen LogP contribution is 2.04. The summed E-state index contributed by atoms with van der Waals surface area (Å²) in [5.41, 5.74) is -2.77. The molecule has 2 aromatic heterocycles. The van der Waals surface area contributed by atoms with Crippen molar-refractivity contribution >= 4 is 5.65 Å². The van der Waals surface area contributed by atoms with Gasteiger partial charge >= 0.3 is 0 Å². The fourth-order valence-corrected chi connectivity index (χ4v) is 0.887. The molecular weight excluding hydrogens is 154 g/mol. The number of rotatable bonds is 0. The second kappa shape index (κ2) is 2.20. The van der Waals surface area contributed by atoms with Gasteiger partial charge in [0.1, 0.15) is 0 Å². The van der Waals surface area contributed by atoms with Crippen molar-refractivity contribution in [3.05, 3.63) is 33.8 Å². The Kier molecular flexibility index (Phi) is 0.450. The van der Waals surface area contributed by atoms with Crippen molar-refractivity contribution in [1.29, 1.82) is 0 Å². The number of nitrogens with zero attached hydrogens (tertiary/aromatic N) is 2. The third-order valence-corrected chi connectivity index (χ3v) is 1.32. The Morgan fingerprint density at radius 3 is 3.42 bits per heavy atom. The summed E-state index contributed by atoms with van der Waals surface area (Å²) in [5.74, 6) is 0. The highest BCUT2D eigenvalue weighted by atomic mass is 16.1. The van der Waals surface area contributed by atoms with Gasteiger partial charge in [-0.25, -0.2) is 9.50 Å². The molecule has 4 nitrogen and oxygen atoms in total. The molecule has 12 heavy (non-hydrogen) atoms. The average Bonchev–Trinajstić information content (AvgIpc) is 2.55. The SMILES string of the molecule is [2H]c1c(C([2H])([2H])[2H])c2nc(C([2H])([2H])[2H])c([2H])n2[nH]c1=O. The lowest BCUT2D eigenvalue weighted by Gasteiger charge is -1.94. The highest BCUT2D eigenvalue weighted by molar-refractivity contribution is 5.45. The van der Waals surface area contributed by atoms with Crippen LogP contribution in [0.2, 0.25) is 0 Å². The quantitative estimate of drug-likeness (QED) is 0.632. The predicted octanol–water partition coefficient (Wildman–Crippen LogP) is 0.639. The molecule has 2 aromatic rings. The van der Waals surface area contributed by atoms with Crippen LogP contribution in [0.25, 0.3) is 5.65 Å². The zero-order chi connectivity index (χ0) is 15.5. The van der Waals surface area contributed by atoms with E-state index in [1.807, 2.05) is 0 Å². The van der Waals surface area contributed by atoms with Crippen molar-refractivity contribution in [2.45, 2.75) is 13.7 Å². The van der Waals surface area contributed by atoms with E-state index in [1.165, 1.54) is 0 Å². The summed E-state index contributed by atoms with van der Waals surface area (Å²) in [6, 6.07) is -0.820. The molecule has 2 rings (SSSR count). The van der Waals surface area contributed by atoms with Gasteiger partial charge in [0.25, 0.3) is 5.56 Å². The maximum absolute atomic E-state index is 11.5. The molecule has 0 aliphatic rings. The van der Waals surface area contributed by atoms with Crippen LogP contribution in [0.3, 0.4) is 0 Å². The Bertz CT molecular complexity index is 737. The Balaban J connectivity index is 3.00. The fraction of sp³-hybridized carbons (Fsp3) is 0.250. The van der Waals surface area contributed by atoms with Crippen molar-refractivity contribution < 1.29 is 11.0 Å². The molecule has 2 heterocycles. The van der Waals surface area contributed by atoms with Crippen LogP contribution in [0.1, 0.15) is 22.2 Å². The summed E-state index contributed by atoms with van der Waals surface area (Å²) in [5, 5.41) is 2.05. The molecule has 0 bridgehead atoms. The largest absolute Gasteiger partial charge is 0.268 e. The Morgan fingerprint density at radius 2 is 2.67 bits per heavy atom. The molecule has 0 atom stereocenters. The van der Waals surface area contributed by atoms with Crippen molar-refractivity contribution in [2.75, 3.05) is 0 Å². The average molecular weight is 171 g/mol. The van der Waals surface area contributed by atoms with Gasteiger partial charge in [0.15, 0.2) is 5.65 Å². The lowest BCUT2D eigenvalue weighted by Crippen LogP contribution is -2.10. The van der Waals surface area contributed by atoms with Crippen LogP contribution >= 0.6 is 0 Å².